The molecular weight excluding hydrogens is 448 g/mol. The number of hydrogen-bond donors (Lipinski definition) is 1. The van der Waals surface area contributed by atoms with Gasteiger partial charge in [0.25, 0.3) is 0 Å². The molecule has 0 amide bonds. The molecule has 0 spiro atoms. The first-order chi connectivity index (χ1) is 16.9. The van der Waals surface area contributed by atoms with Crippen LogP contribution in [-0.4, -0.2) is 25.3 Å². The van der Waals surface area contributed by atoms with Gasteiger partial charge >= 0.3 is 5.97 Å². The Morgan fingerprint density at radius 3 is 2.25 bits per heavy atom. The van der Waals surface area contributed by atoms with Crippen molar-refractivity contribution >= 4 is 5.97 Å². The van der Waals surface area contributed by atoms with Crippen LogP contribution in [0.2, 0.25) is 0 Å². The predicted octanol–water partition coefficient (Wildman–Crippen LogP) is 8.16. The number of ether oxygens (including phenoxy) is 2. The second-order valence-corrected chi connectivity index (χ2v) is 12.3. The largest absolute Gasteiger partial charge is 0.497 e. The number of carboxylic acids is 1. The molecule has 2 aliphatic carbocycles. The molecule has 4 nitrogen and oxygen atoms in total. The van der Waals surface area contributed by atoms with Crippen LogP contribution in [0, 0.1) is 23.7 Å². The van der Waals surface area contributed by atoms with Crippen LogP contribution in [0.4, 0.5) is 0 Å². The fraction of sp³-hybridized carbons (Fsp3) is 0.594. The number of benzene rings is 2. The fourth-order valence-corrected chi connectivity index (χ4v) is 7.51. The molecule has 0 aromatic heterocycles. The first-order valence-electron chi connectivity index (χ1n) is 13.4. The van der Waals surface area contributed by atoms with E-state index in [-0.39, 0.29) is 5.41 Å². The van der Waals surface area contributed by atoms with E-state index in [1.165, 1.54) is 49.7 Å². The Labute approximate surface area is 218 Å². The third-order valence-electron chi connectivity index (χ3n) is 9.13. The molecule has 0 radical (unpaired) electrons. The van der Waals surface area contributed by atoms with Gasteiger partial charge in [-0.3, -0.25) is 4.79 Å². The maximum Gasteiger partial charge on any atom is 0.310 e. The van der Waals surface area contributed by atoms with Gasteiger partial charge in [-0.05, 0) is 85.3 Å². The summed E-state index contributed by atoms with van der Waals surface area (Å²) in [5, 5.41) is 8.64. The first kappa shape index (κ1) is 28.1. The van der Waals surface area contributed by atoms with Crippen molar-refractivity contribution < 1.29 is 19.4 Å². The van der Waals surface area contributed by atoms with Crippen LogP contribution in [0.15, 0.2) is 42.5 Å². The van der Waals surface area contributed by atoms with Crippen LogP contribution in [0.25, 0.3) is 0 Å². The average molecular weight is 495 g/mol. The molecule has 0 bridgehead atoms. The molecule has 198 valence electrons. The molecule has 0 aliphatic heterocycles. The Kier molecular flexibility index (Phi) is 8.48. The number of methoxy groups -OCH3 is 2. The number of fused-ring (bicyclic) bond motifs is 1. The highest BCUT2D eigenvalue weighted by molar-refractivity contribution is 5.75. The third kappa shape index (κ3) is 5.74. The minimum atomic E-state index is -0.781. The Balaban J connectivity index is 0.000000275. The van der Waals surface area contributed by atoms with Gasteiger partial charge in [0, 0.05) is 11.6 Å². The van der Waals surface area contributed by atoms with Crippen LogP contribution in [0.1, 0.15) is 95.8 Å². The molecule has 4 rings (SSSR count). The van der Waals surface area contributed by atoms with Crippen LogP contribution >= 0.6 is 0 Å². The summed E-state index contributed by atoms with van der Waals surface area (Å²) in [6.07, 6.45) is 7.96. The summed E-state index contributed by atoms with van der Waals surface area (Å²) in [6, 6.07) is 13.4. The normalized spacial score (nSPS) is 27.6. The molecule has 2 aromatic carbocycles. The molecule has 0 saturated heterocycles. The molecule has 0 heterocycles. The van der Waals surface area contributed by atoms with Crippen molar-refractivity contribution in [2.45, 2.75) is 91.4 Å². The summed E-state index contributed by atoms with van der Waals surface area (Å²) in [4.78, 5) is 10.5. The molecule has 2 fully saturated rings. The van der Waals surface area contributed by atoms with Crippen molar-refractivity contribution in [1.82, 2.24) is 0 Å². The quantitative estimate of drug-likeness (QED) is 0.455. The van der Waals surface area contributed by atoms with Crippen LogP contribution < -0.4 is 9.47 Å². The summed E-state index contributed by atoms with van der Waals surface area (Å²) < 4.78 is 11.3. The van der Waals surface area contributed by atoms with Gasteiger partial charge < -0.3 is 14.6 Å². The number of rotatable bonds is 5. The van der Waals surface area contributed by atoms with Crippen molar-refractivity contribution in [1.29, 1.82) is 0 Å². The smallest absolute Gasteiger partial charge is 0.310 e. The van der Waals surface area contributed by atoms with E-state index in [1.807, 2.05) is 30.3 Å². The Bertz CT molecular complexity index is 1040. The van der Waals surface area contributed by atoms with E-state index >= 15 is 0 Å². The highest BCUT2D eigenvalue weighted by atomic mass is 16.5. The van der Waals surface area contributed by atoms with E-state index < -0.39 is 11.9 Å². The standard InChI is InChI=1S/C23H36O2.C9H10O2/c1-16-13-17(24-6)14-18(25-7)20(16)23(5)12-9-19-21(2,3)10-8-11-22(19,4)15-23;1-7(9(10)11)8-5-3-2-4-6-8/h13-14,19H,8-12,15H2,1-7H3;2-7H,1H3,(H,10,11)/t19-,22+,23+;7-/m10/s1. The number of aliphatic carboxylic acids is 1. The lowest BCUT2D eigenvalue weighted by atomic mass is 9.47. The van der Waals surface area contributed by atoms with Gasteiger partial charge in [0.15, 0.2) is 0 Å². The Morgan fingerprint density at radius 1 is 1.00 bits per heavy atom. The SMILES string of the molecule is COc1cc(C)c([C@@]2(C)CC[C@@H]3C(C)(C)CCC[C@@]3(C)C2)c(OC)c1.C[C@H](C(=O)O)c1ccccc1. The van der Waals surface area contributed by atoms with Crippen molar-refractivity contribution in [3.8, 4) is 11.5 Å². The lowest BCUT2D eigenvalue weighted by Gasteiger charge is -2.58. The van der Waals surface area contributed by atoms with Gasteiger partial charge in [0.1, 0.15) is 11.5 Å². The molecular formula is C32H46O4. The highest BCUT2D eigenvalue weighted by Crippen LogP contribution is 2.62. The zero-order valence-corrected chi connectivity index (χ0v) is 23.6. The summed E-state index contributed by atoms with van der Waals surface area (Å²) in [6.45, 7) is 13.9. The molecule has 2 aliphatic rings. The lowest BCUT2D eigenvalue weighted by molar-refractivity contribution is -0.138. The van der Waals surface area contributed by atoms with Gasteiger partial charge in [0.2, 0.25) is 0 Å². The molecule has 2 aromatic rings. The minimum absolute atomic E-state index is 0.181. The predicted molar refractivity (Wildman–Crippen MR) is 147 cm³/mol. The van der Waals surface area contributed by atoms with Gasteiger partial charge in [-0.25, -0.2) is 0 Å². The number of aryl methyl sites for hydroxylation is 1. The maximum atomic E-state index is 10.5. The van der Waals surface area contributed by atoms with E-state index in [0.717, 1.165) is 23.0 Å². The van der Waals surface area contributed by atoms with Crippen molar-refractivity contribution in [2.75, 3.05) is 14.2 Å². The fourth-order valence-electron chi connectivity index (χ4n) is 7.51. The van der Waals surface area contributed by atoms with E-state index in [2.05, 4.69) is 46.8 Å². The minimum Gasteiger partial charge on any atom is -0.497 e. The number of hydrogen-bond acceptors (Lipinski definition) is 3. The second kappa shape index (κ2) is 10.9. The van der Waals surface area contributed by atoms with Crippen molar-refractivity contribution in [3.05, 3.63) is 59.2 Å². The lowest BCUT2D eigenvalue weighted by Crippen LogP contribution is -2.49. The van der Waals surface area contributed by atoms with E-state index in [1.54, 1.807) is 21.1 Å². The van der Waals surface area contributed by atoms with Gasteiger partial charge in [-0.2, -0.15) is 0 Å². The van der Waals surface area contributed by atoms with Crippen LogP contribution in [0.5, 0.6) is 11.5 Å². The number of carboxylic acid groups (broad SMARTS) is 1. The average Bonchev–Trinajstić information content (AvgIpc) is 2.82. The third-order valence-corrected chi connectivity index (χ3v) is 9.13. The topological polar surface area (TPSA) is 55.8 Å². The molecule has 4 atom stereocenters. The zero-order valence-electron chi connectivity index (χ0n) is 23.6. The van der Waals surface area contributed by atoms with Gasteiger partial charge in [-0.15, -0.1) is 0 Å². The van der Waals surface area contributed by atoms with Crippen LogP contribution in [-0.2, 0) is 10.2 Å². The summed E-state index contributed by atoms with van der Waals surface area (Å²) in [5.41, 5.74) is 4.65. The molecule has 1 N–H and O–H groups in total. The first-order valence-corrected chi connectivity index (χ1v) is 13.4. The zero-order chi connectivity index (χ0) is 26.7. The summed E-state index contributed by atoms with van der Waals surface area (Å²) in [7, 11) is 3.52. The van der Waals surface area contributed by atoms with Gasteiger partial charge in [0.05, 0.1) is 20.1 Å². The monoisotopic (exact) mass is 494 g/mol. The Morgan fingerprint density at radius 2 is 1.67 bits per heavy atom. The second-order valence-electron chi connectivity index (χ2n) is 12.3. The van der Waals surface area contributed by atoms with Gasteiger partial charge in [-0.1, -0.05) is 64.4 Å². The molecule has 2 saturated carbocycles. The maximum absolute atomic E-state index is 10.5. The molecule has 0 unspecified atom stereocenters. The highest BCUT2D eigenvalue weighted by Gasteiger charge is 2.53. The van der Waals surface area contributed by atoms with Crippen LogP contribution in [0.3, 0.4) is 0 Å². The molecule has 4 heteroatoms. The molecule has 36 heavy (non-hydrogen) atoms. The summed E-state index contributed by atoms with van der Waals surface area (Å²) >= 11 is 0. The number of carbonyl (C=O) groups is 1. The summed E-state index contributed by atoms with van der Waals surface area (Å²) in [5.74, 6) is 1.54. The van der Waals surface area contributed by atoms with E-state index in [9.17, 15) is 4.79 Å². The Hall–Kier alpha value is -2.49. The van der Waals surface area contributed by atoms with E-state index in [0.29, 0.717) is 10.8 Å². The van der Waals surface area contributed by atoms with E-state index in [4.69, 9.17) is 14.6 Å². The van der Waals surface area contributed by atoms with Crippen molar-refractivity contribution in [2.24, 2.45) is 16.7 Å². The van der Waals surface area contributed by atoms with Crippen molar-refractivity contribution in [3.63, 3.8) is 0 Å².